The Labute approximate surface area is 245 Å². The first-order chi connectivity index (χ1) is 20.0. The number of nitrogens with one attached hydrogen (secondary N) is 2. The van der Waals surface area contributed by atoms with Crippen molar-refractivity contribution in [2.24, 2.45) is 0 Å². The fraction of sp³-hybridized carbons (Fsp3) is 0.355. The van der Waals surface area contributed by atoms with Crippen molar-refractivity contribution in [1.82, 2.24) is 10.6 Å². The van der Waals surface area contributed by atoms with Crippen LogP contribution in [0.1, 0.15) is 69.8 Å². The molecule has 1 fully saturated rings. The number of rotatable bonds is 7. The average Bonchev–Trinajstić information content (AvgIpc) is 3.27. The van der Waals surface area contributed by atoms with Crippen LogP contribution in [0.4, 0.5) is 31.1 Å². The van der Waals surface area contributed by atoms with Gasteiger partial charge in [-0.2, -0.15) is 26.3 Å². The van der Waals surface area contributed by atoms with Gasteiger partial charge in [0.1, 0.15) is 6.10 Å². The van der Waals surface area contributed by atoms with Crippen molar-refractivity contribution in [2.75, 3.05) is 6.54 Å². The van der Waals surface area contributed by atoms with Gasteiger partial charge in [-0.1, -0.05) is 53.6 Å². The molecule has 0 bridgehead atoms. The molecule has 0 saturated carbocycles. The molecular formula is C31H32F6N2O4. The first kappa shape index (κ1) is 33.6. The highest BCUT2D eigenvalue weighted by Gasteiger charge is 2.36. The molecule has 232 valence electrons. The van der Waals surface area contributed by atoms with Crippen LogP contribution >= 0.6 is 0 Å². The summed E-state index contributed by atoms with van der Waals surface area (Å²) in [7, 11) is 0. The number of halogens is 6. The normalized spacial score (nSPS) is 18.2. The summed E-state index contributed by atoms with van der Waals surface area (Å²) in [6.45, 7) is 6.42. The number of carbonyl (C=O) groups excluding carboxylic acids is 2. The molecule has 1 saturated heterocycles. The number of aliphatic hydroxyl groups excluding tert-OH is 1. The second kappa shape index (κ2) is 13.6. The van der Waals surface area contributed by atoms with Gasteiger partial charge in [0.25, 0.3) is 0 Å². The molecule has 1 amide bonds. The number of ether oxygens (including phenoxy) is 1. The average molecular weight is 611 g/mol. The lowest BCUT2D eigenvalue weighted by Crippen LogP contribution is -2.36. The zero-order chi connectivity index (χ0) is 32.1. The number of aryl methyl sites for hydroxylation is 2. The molecule has 0 aliphatic carbocycles. The molecule has 3 aromatic rings. The fourth-order valence-electron chi connectivity index (χ4n) is 4.54. The Morgan fingerprint density at radius 3 is 2.02 bits per heavy atom. The number of alkyl halides is 6. The summed E-state index contributed by atoms with van der Waals surface area (Å²) in [5.41, 5.74) is 0.424. The van der Waals surface area contributed by atoms with Gasteiger partial charge in [0.05, 0.1) is 29.8 Å². The molecule has 4 atom stereocenters. The molecule has 3 N–H and O–H groups in total. The first-order valence-corrected chi connectivity index (χ1v) is 13.3. The maximum atomic E-state index is 12.9. The molecule has 0 radical (unpaired) electrons. The minimum absolute atomic E-state index is 0.0137. The van der Waals surface area contributed by atoms with Crippen LogP contribution < -0.4 is 10.6 Å². The van der Waals surface area contributed by atoms with Gasteiger partial charge in [-0.25, -0.2) is 4.79 Å². The second-order valence-corrected chi connectivity index (χ2v) is 10.4. The molecule has 1 aliphatic rings. The maximum Gasteiger partial charge on any atom is 0.416 e. The summed E-state index contributed by atoms with van der Waals surface area (Å²) in [6.07, 6.45) is -11.3. The molecule has 3 aromatic carbocycles. The Kier molecular flexibility index (Phi) is 10.6. The largest absolute Gasteiger partial charge is 0.439 e. The molecule has 1 aliphatic heterocycles. The molecule has 12 heteroatoms. The van der Waals surface area contributed by atoms with Crippen molar-refractivity contribution in [3.8, 4) is 0 Å². The highest BCUT2D eigenvalue weighted by Crippen LogP contribution is 2.35. The molecule has 0 unspecified atom stereocenters. The van der Waals surface area contributed by atoms with Gasteiger partial charge in [-0.15, -0.1) is 0 Å². The van der Waals surface area contributed by atoms with Crippen molar-refractivity contribution in [3.63, 3.8) is 0 Å². The van der Waals surface area contributed by atoms with Gasteiger partial charge in [0, 0.05) is 11.6 Å². The molecule has 6 nitrogen and oxygen atoms in total. The van der Waals surface area contributed by atoms with E-state index >= 15 is 0 Å². The zero-order valence-electron chi connectivity index (χ0n) is 23.8. The van der Waals surface area contributed by atoms with Crippen molar-refractivity contribution >= 4 is 11.9 Å². The van der Waals surface area contributed by atoms with E-state index in [1.807, 2.05) is 0 Å². The first-order valence-electron chi connectivity index (χ1n) is 13.3. The predicted octanol–water partition coefficient (Wildman–Crippen LogP) is 7.09. The van der Waals surface area contributed by atoms with Gasteiger partial charge in [0.2, 0.25) is 0 Å². The Bertz CT molecular complexity index is 1430. The van der Waals surface area contributed by atoms with Crippen LogP contribution in [-0.2, 0) is 17.1 Å². The number of cyclic esters (lactones) is 1. The molecule has 0 aromatic heterocycles. The van der Waals surface area contributed by atoms with Gasteiger partial charge in [0.15, 0.2) is 5.78 Å². The van der Waals surface area contributed by atoms with E-state index in [0.717, 1.165) is 24.3 Å². The van der Waals surface area contributed by atoms with Gasteiger partial charge in [-0.3, -0.25) is 4.79 Å². The minimum Gasteiger partial charge on any atom is -0.439 e. The summed E-state index contributed by atoms with van der Waals surface area (Å²) in [5, 5.41) is 15.7. The number of amides is 1. The van der Waals surface area contributed by atoms with E-state index in [1.165, 1.54) is 6.07 Å². The third-order valence-corrected chi connectivity index (χ3v) is 6.71. The lowest BCUT2D eigenvalue weighted by atomic mass is 9.98. The van der Waals surface area contributed by atoms with E-state index in [2.05, 4.69) is 10.6 Å². The van der Waals surface area contributed by atoms with Crippen LogP contribution in [0.5, 0.6) is 0 Å². The second-order valence-electron chi connectivity index (χ2n) is 10.4. The Morgan fingerprint density at radius 1 is 0.930 bits per heavy atom. The van der Waals surface area contributed by atoms with Crippen LogP contribution in [0, 0.1) is 13.8 Å². The van der Waals surface area contributed by atoms with Crippen LogP contribution in [-0.4, -0.2) is 35.6 Å². The summed E-state index contributed by atoms with van der Waals surface area (Å²) in [4.78, 5) is 23.1. The molecule has 4 rings (SSSR count). The van der Waals surface area contributed by atoms with Gasteiger partial charge >= 0.3 is 18.4 Å². The highest BCUT2D eigenvalue weighted by molar-refractivity contribution is 5.97. The number of benzene rings is 3. The maximum absolute atomic E-state index is 12.9. The van der Waals surface area contributed by atoms with E-state index in [-0.39, 0.29) is 23.9 Å². The third kappa shape index (κ3) is 9.29. The standard InChI is InChI=1S/C19H20F3NO2.C12H12F3NO2/c1-12-8-15(10-16(9-12)19(20,21)22)18(25)13(2)23-11-17(24)14-6-4-3-5-7-14;1-6-3-8(5-9(4-6)12(13,14)15)10-7(2)16-11(17)18-10/h3-10,13,18,23,25H,11H2,1-2H3;3-5,7,10H,1-2H3,(H,16,17)/t13-,18-;7-,10-/m00/s1. The Hall–Kier alpha value is -3.90. The zero-order valence-corrected chi connectivity index (χ0v) is 23.8. The van der Waals surface area contributed by atoms with Crippen LogP contribution in [0.3, 0.4) is 0 Å². The lowest BCUT2D eigenvalue weighted by Gasteiger charge is -2.22. The number of hydrogen-bond donors (Lipinski definition) is 3. The fourth-order valence-corrected chi connectivity index (χ4v) is 4.54. The molecule has 0 spiro atoms. The minimum atomic E-state index is -4.47. The van der Waals surface area contributed by atoms with Crippen LogP contribution in [0.2, 0.25) is 0 Å². The number of ketones is 1. The summed E-state index contributed by atoms with van der Waals surface area (Å²) in [5.74, 6) is -0.153. The quantitative estimate of drug-likeness (QED) is 0.196. The number of aliphatic hydroxyl groups is 1. The van der Waals surface area contributed by atoms with Crippen LogP contribution in [0.15, 0.2) is 66.7 Å². The number of carbonyl (C=O) groups is 2. The van der Waals surface area contributed by atoms with Gasteiger partial charge < -0.3 is 20.5 Å². The number of Topliss-reactive ketones (excluding diaryl/α,β-unsaturated/α-hetero) is 1. The summed E-state index contributed by atoms with van der Waals surface area (Å²) in [6, 6.07) is 14.9. The van der Waals surface area contributed by atoms with Crippen molar-refractivity contribution in [1.29, 1.82) is 0 Å². The third-order valence-electron chi connectivity index (χ3n) is 6.71. The van der Waals surface area contributed by atoms with E-state index in [1.54, 1.807) is 64.1 Å². The highest BCUT2D eigenvalue weighted by atomic mass is 19.4. The SMILES string of the molecule is Cc1cc([C@@H](O)[C@H](C)NCC(=O)c2ccccc2)cc(C(F)(F)F)c1.Cc1cc([C@H]2OC(=O)N[C@H]2C)cc(C(F)(F)F)c1. The summed E-state index contributed by atoms with van der Waals surface area (Å²) < 4.78 is 81.8. The van der Waals surface area contributed by atoms with Crippen molar-refractivity contribution in [3.05, 3.63) is 106 Å². The topological polar surface area (TPSA) is 87.7 Å². The van der Waals surface area contributed by atoms with Crippen molar-refractivity contribution < 1.29 is 45.8 Å². The van der Waals surface area contributed by atoms with Crippen molar-refractivity contribution in [2.45, 2.75) is 64.3 Å². The monoisotopic (exact) mass is 610 g/mol. The number of hydrogen-bond acceptors (Lipinski definition) is 5. The van der Waals surface area contributed by atoms with E-state index in [0.29, 0.717) is 22.3 Å². The predicted molar refractivity (Wildman–Crippen MR) is 147 cm³/mol. The lowest BCUT2D eigenvalue weighted by molar-refractivity contribution is -0.138. The van der Waals surface area contributed by atoms with E-state index in [4.69, 9.17) is 4.74 Å². The number of alkyl carbamates (subject to hydrolysis) is 1. The Balaban J connectivity index is 0.000000248. The summed E-state index contributed by atoms with van der Waals surface area (Å²) >= 11 is 0. The molecule has 1 heterocycles. The smallest absolute Gasteiger partial charge is 0.416 e. The van der Waals surface area contributed by atoms with E-state index < -0.39 is 47.8 Å². The Morgan fingerprint density at radius 2 is 1.49 bits per heavy atom. The van der Waals surface area contributed by atoms with E-state index in [9.17, 15) is 41.0 Å². The molecular weight excluding hydrogens is 578 g/mol. The van der Waals surface area contributed by atoms with Crippen LogP contribution in [0.25, 0.3) is 0 Å². The molecule has 43 heavy (non-hydrogen) atoms. The van der Waals surface area contributed by atoms with Gasteiger partial charge in [-0.05, 0) is 63.1 Å².